The van der Waals surface area contributed by atoms with Crippen LogP contribution in [0.3, 0.4) is 0 Å². The van der Waals surface area contributed by atoms with Crippen molar-refractivity contribution in [2.24, 2.45) is 0 Å². The molecule has 0 unspecified atom stereocenters. The van der Waals surface area contributed by atoms with Crippen LogP contribution in [0, 0.1) is 0 Å². The van der Waals surface area contributed by atoms with Crippen LogP contribution in [0.25, 0.3) is 0 Å². The van der Waals surface area contributed by atoms with E-state index in [9.17, 15) is 0 Å². The quantitative estimate of drug-likeness (QED) is 0.823. The molecule has 94 valence electrons. The van der Waals surface area contributed by atoms with Gasteiger partial charge >= 0.3 is 0 Å². The fourth-order valence-electron chi connectivity index (χ4n) is 2.44. The molecule has 17 heavy (non-hydrogen) atoms. The number of thiazole rings is 1. The highest BCUT2D eigenvalue weighted by Crippen LogP contribution is 2.31. The first-order valence-electron chi connectivity index (χ1n) is 6.69. The Morgan fingerprint density at radius 1 is 1.24 bits per heavy atom. The molecule has 4 heteroatoms. The lowest BCUT2D eigenvalue weighted by Gasteiger charge is -2.35. The summed E-state index contributed by atoms with van der Waals surface area (Å²) in [6.07, 6.45) is 4.92. The number of piperazine rings is 1. The maximum absolute atomic E-state index is 4.52. The van der Waals surface area contributed by atoms with Crippen molar-refractivity contribution in [2.45, 2.75) is 38.6 Å². The van der Waals surface area contributed by atoms with Gasteiger partial charge in [-0.25, -0.2) is 4.98 Å². The summed E-state index contributed by atoms with van der Waals surface area (Å²) >= 11 is 1.87. The van der Waals surface area contributed by atoms with Gasteiger partial charge in [-0.2, -0.15) is 0 Å². The molecule has 2 fully saturated rings. The first kappa shape index (κ1) is 11.5. The van der Waals surface area contributed by atoms with Crippen LogP contribution in [-0.2, 0) is 0 Å². The zero-order valence-corrected chi connectivity index (χ0v) is 11.5. The average molecular weight is 251 g/mol. The van der Waals surface area contributed by atoms with E-state index < -0.39 is 0 Å². The van der Waals surface area contributed by atoms with E-state index in [1.807, 2.05) is 11.3 Å². The highest BCUT2D eigenvalue weighted by Gasteiger charge is 2.31. The van der Waals surface area contributed by atoms with Crippen molar-refractivity contribution < 1.29 is 0 Å². The fraction of sp³-hybridized carbons (Fsp3) is 0.769. The van der Waals surface area contributed by atoms with Crippen LogP contribution in [-0.4, -0.2) is 42.1 Å². The van der Waals surface area contributed by atoms with Crippen molar-refractivity contribution in [3.63, 3.8) is 0 Å². The summed E-state index contributed by atoms with van der Waals surface area (Å²) in [5, 5.41) is 2.63. The van der Waals surface area contributed by atoms with Gasteiger partial charge in [0.05, 0.1) is 11.2 Å². The van der Waals surface area contributed by atoms with Crippen LogP contribution >= 0.6 is 11.3 Å². The molecule has 2 aliphatic rings. The van der Waals surface area contributed by atoms with Crippen molar-refractivity contribution in [3.05, 3.63) is 11.2 Å². The van der Waals surface area contributed by atoms with Gasteiger partial charge in [0, 0.05) is 38.1 Å². The van der Waals surface area contributed by atoms with Crippen molar-refractivity contribution in [1.29, 1.82) is 0 Å². The first-order chi connectivity index (χ1) is 8.24. The van der Waals surface area contributed by atoms with Crippen LogP contribution in [0.5, 0.6) is 0 Å². The van der Waals surface area contributed by atoms with Gasteiger partial charge in [0.2, 0.25) is 0 Å². The Morgan fingerprint density at radius 2 is 1.94 bits per heavy atom. The molecule has 3 rings (SSSR count). The van der Waals surface area contributed by atoms with Gasteiger partial charge in [-0.1, -0.05) is 13.8 Å². The maximum atomic E-state index is 4.52. The standard InChI is InChI=1S/C13H21N3S/c1-10(2)13-14-9-12(17-13)16-7-5-15(6-8-16)11-3-4-11/h9-11H,3-8H2,1-2H3. The molecule has 0 atom stereocenters. The van der Waals surface area contributed by atoms with Crippen molar-refractivity contribution >= 4 is 16.3 Å². The van der Waals surface area contributed by atoms with Crippen molar-refractivity contribution in [2.75, 3.05) is 31.1 Å². The highest BCUT2D eigenvalue weighted by molar-refractivity contribution is 7.15. The smallest absolute Gasteiger partial charge is 0.111 e. The maximum Gasteiger partial charge on any atom is 0.111 e. The normalized spacial score (nSPS) is 22.4. The molecule has 1 aliphatic heterocycles. The lowest BCUT2D eigenvalue weighted by Crippen LogP contribution is -2.47. The van der Waals surface area contributed by atoms with Gasteiger partial charge in [0.25, 0.3) is 0 Å². The molecule has 2 heterocycles. The zero-order chi connectivity index (χ0) is 11.8. The van der Waals surface area contributed by atoms with E-state index in [0.717, 1.165) is 6.04 Å². The van der Waals surface area contributed by atoms with E-state index in [4.69, 9.17) is 0 Å². The molecule has 0 spiro atoms. The summed E-state index contributed by atoms with van der Waals surface area (Å²) in [5.41, 5.74) is 0. The molecule has 1 saturated carbocycles. The molecule has 0 aromatic carbocycles. The molecule has 1 aromatic heterocycles. The molecule has 0 N–H and O–H groups in total. The van der Waals surface area contributed by atoms with E-state index in [-0.39, 0.29) is 0 Å². The third kappa shape index (κ3) is 2.47. The van der Waals surface area contributed by atoms with Gasteiger partial charge in [-0.15, -0.1) is 11.3 Å². The number of rotatable bonds is 3. The van der Waals surface area contributed by atoms with Crippen LogP contribution in [0.2, 0.25) is 0 Å². The van der Waals surface area contributed by atoms with Crippen LogP contribution in [0.4, 0.5) is 5.00 Å². The lowest BCUT2D eigenvalue weighted by atomic mass is 10.2. The Labute approximate surface area is 107 Å². The minimum absolute atomic E-state index is 0.557. The van der Waals surface area contributed by atoms with Gasteiger partial charge in [0.15, 0.2) is 0 Å². The predicted molar refractivity (Wildman–Crippen MR) is 73.0 cm³/mol. The van der Waals surface area contributed by atoms with Gasteiger partial charge < -0.3 is 4.90 Å². The van der Waals surface area contributed by atoms with E-state index >= 15 is 0 Å². The molecular formula is C13H21N3S. The van der Waals surface area contributed by atoms with E-state index in [0.29, 0.717) is 5.92 Å². The zero-order valence-electron chi connectivity index (χ0n) is 10.7. The molecule has 0 radical (unpaired) electrons. The second kappa shape index (κ2) is 4.58. The molecule has 0 amide bonds. The predicted octanol–water partition coefficient (Wildman–Crippen LogP) is 2.55. The molecule has 1 aromatic rings. The largest absolute Gasteiger partial charge is 0.360 e. The number of anilines is 1. The van der Waals surface area contributed by atoms with Gasteiger partial charge in [0.1, 0.15) is 5.00 Å². The molecule has 3 nitrogen and oxygen atoms in total. The van der Waals surface area contributed by atoms with Crippen molar-refractivity contribution in [1.82, 2.24) is 9.88 Å². The summed E-state index contributed by atoms with van der Waals surface area (Å²) in [5.74, 6) is 0.557. The first-order valence-corrected chi connectivity index (χ1v) is 7.50. The number of nitrogens with zero attached hydrogens (tertiary/aromatic N) is 3. The van der Waals surface area contributed by atoms with Gasteiger partial charge in [-0.3, -0.25) is 4.90 Å². The molecule has 0 bridgehead atoms. The van der Waals surface area contributed by atoms with Crippen LogP contribution < -0.4 is 4.90 Å². The minimum atomic E-state index is 0.557. The van der Waals surface area contributed by atoms with Gasteiger partial charge in [-0.05, 0) is 12.8 Å². The second-order valence-corrected chi connectivity index (χ2v) is 6.49. The number of aromatic nitrogens is 1. The summed E-state index contributed by atoms with van der Waals surface area (Å²) < 4.78 is 0. The summed E-state index contributed by atoms with van der Waals surface area (Å²) in [6, 6.07) is 0.921. The Balaban J connectivity index is 1.61. The Morgan fingerprint density at radius 3 is 2.47 bits per heavy atom. The number of hydrogen-bond donors (Lipinski definition) is 0. The molecule has 1 saturated heterocycles. The Hall–Kier alpha value is -0.610. The summed E-state index contributed by atoms with van der Waals surface area (Å²) in [6.45, 7) is 9.26. The monoisotopic (exact) mass is 251 g/mol. The minimum Gasteiger partial charge on any atom is -0.360 e. The Bertz CT molecular complexity index is 376. The molecule has 1 aliphatic carbocycles. The SMILES string of the molecule is CC(C)c1ncc(N2CCN(C3CC3)CC2)s1. The van der Waals surface area contributed by atoms with E-state index in [1.54, 1.807) is 0 Å². The van der Waals surface area contributed by atoms with E-state index in [1.165, 1.54) is 49.0 Å². The average Bonchev–Trinajstić information content (AvgIpc) is 3.06. The van der Waals surface area contributed by atoms with Crippen molar-refractivity contribution in [3.8, 4) is 0 Å². The summed E-state index contributed by atoms with van der Waals surface area (Å²) in [4.78, 5) is 9.68. The van der Waals surface area contributed by atoms with Crippen LogP contribution in [0.1, 0.15) is 37.6 Å². The topological polar surface area (TPSA) is 19.4 Å². The Kier molecular flexibility index (Phi) is 3.09. The third-order valence-corrected chi connectivity index (χ3v) is 5.05. The fourth-order valence-corrected chi connectivity index (χ4v) is 3.41. The number of hydrogen-bond acceptors (Lipinski definition) is 4. The van der Waals surface area contributed by atoms with E-state index in [2.05, 4.69) is 34.8 Å². The highest BCUT2D eigenvalue weighted by atomic mass is 32.1. The second-order valence-electron chi connectivity index (χ2n) is 5.45. The summed E-state index contributed by atoms with van der Waals surface area (Å²) in [7, 11) is 0. The third-order valence-electron chi connectivity index (χ3n) is 3.69. The lowest BCUT2D eigenvalue weighted by molar-refractivity contribution is 0.248. The van der Waals surface area contributed by atoms with Crippen LogP contribution in [0.15, 0.2) is 6.20 Å². The molecular weight excluding hydrogens is 230 g/mol.